The molecule has 25 heavy (non-hydrogen) atoms. The lowest BCUT2D eigenvalue weighted by Gasteiger charge is -2.41. The van der Waals surface area contributed by atoms with Crippen LogP contribution < -0.4 is 0 Å². The van der Waals surface area contributed by atoms with Crippen LogP contribution in [0.25, 0.3) is 0 Å². The van der Waals surface area contributed by atoms with Gasteiger partial charge in [0.1, 0.15) is 11.1 Å². The van der Waals surface area contributed by atoms with Crippen LogP contribution in [0.2, 0.25) is 0 Å². The van der Waals surface area contributed by atoms with Crippen molar-refractivity contribution in [1.82, 2.24) is 0 Å². The molecular formula is C23H24N2. The van der Waals surface area contributed by atoms with Gasteiger partial charge in [0.25, 0.3) is 0 Å². The van der Waals surface area contributed by atoms with Gasteiger partial charge >= 0.3 is 0 Å². The van der Waals surface area contributed by atoms with E-state index in [4.69, 9.17) is 10.2 Å². The van der Waals surface area contributed by atoms with E-state index in [1.807, 2.05) is 0 Å². The average Bonchev–Trinajstić information content (AvgIpc) is 3.24. The molecule has 0 saturated heterocycles. The van der Waals surface area contributed by atoms with E-state index in [1.165, 1.54) is 16.7 Å². The standard InChI is InChI=1S/C23H24N2/c1-16-12-14-18(15-13-16)23-20-11-7-10-19(20)22(24-25-23,21(23,2)3)17-8-5-4-6-9-17/h4-9,11-15,19-20H,10H2,1-3H3/t19-,20+,22-,23+/m0/s1. The smallest absolute Gasteiger partial charge is 0.121 e. The van der Waals surface area contributed by atoms with Crippen molar-refractivity contribution < 1.29 is 0 Å². The summed E-state index contributed by atoms with van der Waals surface area (Å²) >= 11 is 0. The number of fused-ring (bicyclic) bond motifs is 5. The molecule has 0 aromatic heterocycles. The Morgan fingerprint density at radius 3 is 2.20 bits per heavy atom. The topological polar surface area (TPSA) is 24.7 Å². The van der Waals surface area contributed by atoms with Gasteiger partial charge in [-0.1, -0.05) is 86.2 Å². The molecule has 1 fully saturated rings. The van der Waals surface area contributed by atoms with Crippen LogP contribution in [0, 0.1) is 24.2 Å². The van der Waals surface area contributed by atoms with Crippen LogP contribution in [0.3, 0.4) is 0 Å². The van der Waals surface area contributed by atoms with E-state index in [0.717, 1.165) is 6.42 Å². The number of nitrogens with zero attached hydrogens (tertiary/aromatic N) is 2. The normalized spacial score (nSPS) is 36.8. The van der Waals surface area contributed by atoms with Gasteiger partial charge in [0.15, 0.2) is 0 Å². The van der Waals surface area contributed by atoms with Gasteiger partial charge in [-0.15, -0.1) is 0 Å². The highest BCUT2D eigenvalue weighted by atomic mass is 15.3. The van der Waals surface area contributed by atoms with Crippen molar-refractivity contribution in [3.63, 3.8) is 0 Å². The molecule has 3 aliphatic rings. The molecule has 2 aromatic rings. The Morgan fingerprint density at radius 2 is 1.48 bits per heavy atom. The summed E-state index contributed by atoms with van der Waals surface area (Å²) in [6, 6.07) is 19.8. The van der Waals surface area contributed by atoms with Crippen molar-refractivity contribution in [2.24, 2.45) is 27.5 Å². The predicted octanol–water partition coefficient (Wildman–Crippen LogP) is 5.78. The molecule has 5 rings (SSSR count). The number of hydrogen-bond donors (Lipinski definition) is 0. The SMILES string of the molecule is Cc1ccc([C@@]23N=N[C@@](c4ccccc4)([C@H]4CC=C[C@H]42)C3(C)C)cc1. The van der Waals surface area contributed by atoms with E-state index in [0.29, 0.717) is 11.8 Å². The maximum absolute atomic E-state index is 5.06. The minimum atomic E-state index is -0.270. The van der Waals surface area contributed by atoms with Crippen molar-refractivity contribution in [1.29, 1.82) is 0 Å². The van der Waals surface area contributed by atoms with Crippen LogP contribution in [0.1, 0.15) is 37.0 Å². The summed E-state index contributed by atoms with van der Waals surface area (Å²) in [5.74, 6) is 0.909. The van der Waals surface area contributed by atoms with Crippen LogP contribution in [-0.4, -0.2) is 0 Å². The summed E-state index contributed by atoms with van der Waals surface area (Å²) in [6.07, 6.45) is 5.85. The van der Waals surface area contributed by atoms with Crippen molar-refractivity contribution in [2.75, 3.05) is 0 Å². The minimum absolute atomic E-state index is 0.0727. The number of benzene rings is 2. The van der Waals surface area contributed by atoms with Crippen LogP contribution in [0.5, 0.6) is 0 Å². The second-order valence-electron chi connectivity index (χ2n) is 8.39. The molecular weight excluding hydrogens is 304 g/mol. The van der Waals surface area contributed by atoms with Crippen molar-refractivity contribution in [2.45, 2.75) is 38.3 Å². The fraction of sp³-hybridized carbons (Fsp3) is 0.391. The van der Waals surface area contributed by atoms with Gasteiger partial charge in [0.2, 0.25) is 0 Å². The van der Waals surface area contributed by atoms with Crippen molar-refractivity contribution in [3.05, 3.63) is 83.4 Å². The molecule has 2 nitrogen and oxygen atoms in total. The van der Waals surface area contributed by atoms with E-state index in [9.17, 15) is 0 Å². The Balaban J connectivity index is 1.79. The number of hydrogen-bond acceptors (Lipinski definition) is 2. The monoisotopic (exact) mass is 328 g/mol. The van der Waals surface area contributed by atoms with Crippen LogP contribution in [0.15, 0.2) is 77.0 Å². The molecule has 0 spiro atoms. The van der Waals surface area contributed by atoms with Gasteiger partial charge in [-0.2, -0.15) is 10.2 Å². The van der Waals surface area contributed by atoms with Gasteiger partial charge in [-0.3, -0.25) is 0 Å². The Bertz CT molecular complexity index is 878. The number of azo groups is 1. The summed E-state index contributed by atoms with van der Waals surface area (Å²) in [5.41, 5.74) is 3.33. The number of allylic oxidation sites excluding steroid dienone is 1. The van der Waals surface area contributed by atoms with Gasteiger partial charge < -0.3 is 0 Å². The zero-order chi connectivity index (χ0) is 17.3. The second kappa shape index (κ2) is 4.69. The highest BCUT2D eigenvalue weighted by molar-refractivity contribution is 5.47. The molecule has 2 aromatic carbocycles. The average molecular weight is 328 g/mol. The van der Waals surface area contributed by atoms with E-state index in [-0.39, 0.29) is 16.5 Å². The summed E-state index contributed by atoms with van der Waals surface area (Å²) in [7, 11) is 0. The zero-order valence-electron chi connectivity index (χ0n) is 15.1. The van der Waals surface area contributed by atoms with Gasteiger partial charge in [-0.25, -0.2) is 0 Å². The molecule has 1 heterocycles. The molecule has 0 radical (unpaired) electrons. The molecule has 2 heteroatoms. The molecule has 0 unspecified atom stereocenters. The fourth-order valence-electron chi connectivity index (χ4n) is 5.98. The highest BCUT2D eigenvalue weighted by Gasteiger charge is 2.77. The third-order valence-corrected chi connectivity index (χ3v) is 7.16. The van der Waals surface area contributed by atoms with E-state index in [1.54, 1.807) is 0 Å². The Morgan fingerprint density at radius 1 is 0.840 bits per heavy atom. The summed E-state index contributed by atoms with van der Waals surface area (Å²) in [4.78, 5) is 0. The fourth-order valence-corrected chi connectivity index (χ4v) is 5.98. The van der Waals surface area contributed by atoms with Crippen molar-refractivity contribution >= 4 is 0 Å². The first-order valence-electron chi connectivity index (χ1n) is 9.27. The molecule has 126 valence electrons. The first kappa shape index (κ1) is 15.1. The summed E-state index contributed by atoms with van der Waals surface area (Å²) < 4.78 is 0. The summed E-state index contributed by atoms with van der Waals surface area (Å²) in [6.45, 7) is 6.90. The molecule has 0 amide bonds. The maximum Gasteiger partial charge on any atom is 0.121 e. The van der Waals surface area contributed by atoms with Crippen LogP contribution in [-0.2, 0) is 11.1 Å². The molecule has 4 atom stereocenters. The Hall–Kier alpha value is -2.22. The second-order valence-corrected chi connectivity index (χ2v) is 8.39. The van der Waals surface area contributed by atoms with Gasteiger partial charge in [0, 0.05) is 17.3 Å². The van der Waals surface area contributed by atoms with E-state index < -0.39 is 0 Å². The molecule has 1 aliphatic heterocycles. The van der Waals surface area contributed by atoms with Crippen LogP contribution >= 0.6 is 0 Å². The predicted molar refractivity (Wildman–Crippen MR) is 100 cm³/mol. The van der Waals surface area contributed by atoms with Gasteiger partial charge in [0.05, 0.1) is 0 Å². The molecule has 2 bridgehead atoms. The van der Waals surface area contributed by atoms with E-state index in [2.05, 4.69) is 87.5 Å². The highest BCUT2D eigenvalue weighted by Crippen LogP contribution is 2.76. The minimum Gasteiger partial charge on any atom is -0.181 e. The lowest BCUT2D eigenvalue weighted by atomic mass is 9.61. The first-order chi connectivity index (χ1) is 12.0. The van der Waals surface area contributed by atoms with Crippen LogP contribution in [0.4, 0.5) is 0 Å². The number of aryl methyl sites for hydroxylation is 1. The Kier molecular flexibility index (Phi) is 2.83. The molecule has 2 aliphatic carbocycles. The third-order valence-electron chi connectivity index (χ3n) is 7.16. The lowest BCUT2D eigenvalue weighted by molar-refractivity contribution is 0.150. The maximum atomic E-state index is 5.06. The zero-order valence-corrected chi connectivity index (χ0v) is 15.1. The molecule has 1 saturated carbocycles. The largest absolute Gasteiger partial charge is 0.181 e. The summed E-state index contributed by atoms with van der Waals surface area (Å²) in [5, 5.41) is 10.1. The van der Waals surface area contributed by atoms with Gasteiger partial charge in [-0.05, 0) is 24.5 Å². The van der Waals surface area contributed by atoms with E-state index >= 15 is 0 Å². The Labute approximate surface area is 149 Å². The molecule has 0 N–H and O–H groups in total. The lowest BCUT2D eigenvalue weighted by Crippen LogP contribution is -2.44. The third kappa shape index (κ3) is 1.52. The quantitative estimate of drug-likeness (QED) is 0.624. The van der Waals surface area contributed by atoms with Crippen molar-refractivity contribution in [3.8, 4) is 0 Å². The number of rotatable bonds is 2. The first-order valence-corrected chi connectivity index (χ1v) is 9.27.